The van der Waals surface area contributed by atoms with Gasteiger partial charge in [-0.05, 0) is 44.4 Å². The fourth-order valence-corrected chi connectivity index (χ4v) is 2.85. The predicted molar refractivity (Wildman–Crippen MR) is 95.5 cm³/mol. The van der Waals surface area contributed by atoms with E-state index in [1.54, 1.807) is 7.05 Å². The molecular weight excluding hydrogens is 288 g/mol. The maximum atomic E-state index is 12.2. The summed E-state index contributed by atoms with van der Waals surface area (Å²) >= 11 is 0. The first kappa shape index (κ1) is 17.3. The molecule has 2 rings (SSSR count). The molecule has 1 aliphatic rings. The van der Waals surface area contributed by atoms with E-state index in [1.165, 1.54) is 12.8 Å². The van der Waals surface area contributed by atoms with Crippen LogP contribution < -0.4 is 16.0 Å². The molecule has 1 amide bonds. The van der Waals surface area contributed by atoms with Crippen LogP contribution in [0.25, 0.3) is 0 Å². The molecule has 1 fully saturated rings. The number of nitrogens with one attached hydrogen (secondary N) is 3. The summed E-state index contributed by atoms with van der Waals surface area (Å²) in [6, 6.07) is 8.30. The quantitative estimate of drug-likeness (QED) is 0.578. The predicted octanol–water partition coefficient (Wildman–Crippen LogP) is 2.89. The second-order valence-electron chi connectivity index (χ2n) is 6.40. The molecule has 0 aliphatic heterocycles. The van der Waals surface area contributed by atoms with Gasteiger partial charge in [0.15, 0.2) is 5.96 Å². The third-order valence-corrected chi connectivity index (χ3v) is 4.03. The molecule has 1 aromatic carbocycles. The van der Waals surface area contributed by atoms with E-state index in [9.17, 15) is 4.79 Å². The molecule has 1 aliphatic carbocycles. The van der Waals surface area contributed by atoms with Crippen molar-refractivity contribution in [2.75, 3.05) is 12.4 Å². The van der Waals surface area contributed by atoms with Crippen molar-refractivity contribution in [3.63, 3.8) is 0 Å². The summed E-state index contributed by atoms with van der Waals surface area (Å²) < 4.78 is 0. The smallest absolute Gasteiger partial charge is 0.227 e. The molecule has 0 bridgehead atoms. The van der Waals surface area contributed by atoms with Crippen molar-refractivity contribution in [1.82, 2.24) is 10.6 Å². The van der Waals surface area contributed by atoms with Crippen LogP contribution in [0, 0.1) is 5.92 Å². The standard InChI is InChI=1S/C18H28N4O/c1-13(2)21-18(19-3)20-12-14-7-6-10-16(11-14)22-17(23)15-8-4-5-9-15/h6-7,10-11,13,15H,4-5,8-9,12H2,1-3H3,(H,22,23)(H2,19,20,21). The van der Waals surface area contributed by atoms with Gasteiger partial charge in [-0.1, -0.05) is 25.0 Å². The maximum Gasteiger partial charge on any atom is 0.227 e. The van der Waals surface area contributed by atoms with Gasteiger partial charge >= 0.3 is 0 Å². The molecule has 0 heterocycles. The minimum absolute atomic E-state index is 0.157. The van der Waals surface area contributed by atoms with Crippen molar-refractivity contribution in [2.45, 2.75) is 52.1 Å². The monoisotopic (exact) mass is 316 g/mol. The van der Waals surface area contributed by atoms with Gasteiger partial charge < -0.3 is 16.0 Å². The highest BCUT2D eigenvalue weighted by molar-refractivity contribution is 5.92. The SMILES string of the molecule is CN=C(NCc1cccc(NC(=O)C2CCCC2)c1)NC(C)C. The lowest BCUT2D eigenvalue weighted by molar-refractivity contribution is -0.119. The number of carbonyl (C=O) groups is 1. The second-order valence-corrected chi connectivity index (χ2v) is 6.40. The van der Waals surface area contributed by atoms with E-state index in [4.69, 9.17) is 0 Å². The van der Waals surface area contributed by atoms with Gasteiger partial charge in [-0.2, -0.15) is 0 Å². The van der Waals surface area contributed by atoms with Crippen LogP contribution in [0.1, 0.15) is 45.1 Å². The van der Waals surface area contributed by atoms with Gasteiger partial charge in [-0.25, -0.2) is 0 Å². The molecule has 1 aromatic rings. The highest BCUT2D eigenvalue weighted by Gasteiger charge is 2.22. The lowest BCUT2D eigenvalue weighted by Crippen LogP contribution is -2.40. The van der Waals surface area contributed by atoms with Crippen LogP contribution >= 0.6 is 0 Å². The van der Waals surface area contributed by atoms with E-state index in [0.717, 1.165) is 30.1 Å². The summed E-state index contributed by atoms with van der Waals surface area (Å²) in [7, 11) is 1.76. The number of nitrogens with zero attached hydrogens (tertiary/aromatic N) is 1. The van der Waals surface area contributed by atoms with Crippen LogP contribution in [0.4, 0.5) is 5.69 Å². The van der Waals surface area contributed by atoms with Crippen LogP contribution in [0.3, 0.4) is 0 Å². The van der Waals surface area contributed by atoms with Crippen molar-refractivity contribution < 1.29 is 4.79 Å². The van der Waals surface area contributed by atoms with Gasteiger partial charge in [-0.3, -0.25) is 9.79 Å². The summed E-state index contributed by atoms with van der Waals surface area (Å²) in [6.07, 6.45) is 4.38. The Morgan fingerprint density at radius 2 is 2.04 bits per heavy atom. The fourth-order valence-electron chi connectivity index (χ4n) is 2.85. The van der Waals surface area contributed by atoms with Gasteiger partial charge in [0.1, 0.15) is 0 Å². The molecule has 0 spiro atoms. The van der Waals surface area contributed by atoms with Gasteiger partial charge in [-0.15, -0.1) is 0 Å². The van der Waals surface area contributed by atoms with Crippen LogP contribution in [-0.2, 0) is 11.3 Å². The molecule has 3 N–H and O–H groups in total. The Bertz CT molecular complexity index is 548. The first-order chi connectivity index (χ1) is 11.1. The lowest BCUT2D eigenvalue weighted by Gasteiger charge is -2.15. The first-order valence-corrected chi connectivity index (χ1v) is 8.45. The molecule has 23 heavy (non-hydrogen) atoms. The topological polar surface area (TPSA) is 65.5 Å². The van der Waals surface area contributed by atoms with Gasteiger partial charge in [0.25, 0.3) is 0 Å². The van der Waals surface area contributed by atoms with Gasteiger partial charge in [0.05, 0.1) is 0 Å². The Balaban J connectivity index is 1.90. The Hall–Kier alpha value is -2.04. The Morgan fingerprint density at radius 1 is 1.30 bits per heavy atom. The van der Waals surface area contributed by atoms with Gasteiger partial charge in [0, 0.05) is 31.2 Å². The number of anilines is 1. The first-order valence-electron chi connectivity index (χ1n) is 8.45. The van der Waals surface area contributed by atoms with Crippen molar-refractivity contribution in [1.29, 1.82) is 0 Å². The van der Waals surface area contributed by atoms with Crippen LogP contribution in [0.2, 0.25) is 0 Å². The molecule has 0 saturated heterocycles. The maximum absolute atomic E-state index is 12.2. The van der Waals surface area contributed by atoms with E-state index < -0.39 is 0 Å². The van der Waals surface area contributed by atoms with Crippen LogP contribution in [0.15, 0.2) is 29.3 Å². The largest absolute Gasteiger partial charge is 0.354 e. The van der Waals surface area contributed by atoms with Crippen molar-refractivity contribution in [2.24, 2.45) is 10.9 Å². The summed E-state index contributed by atoms with van der Waals surface area (Å²) in [5.74, 6) is 1.12. The number of aliphatic imine (C=N–C) groups is 1. The zero-order valence-corrected chi connectivity index (χ0v) is 14.4. The van der Waals surface area contributed by atoms with E-state index in [-0.39, 0.29) is 11.8 Å². The summed E-state index contributed by atoms with van der Waals surface area (Å²) in [5.41, 5.74) is 1.98. The average molecular weight is 316 g/mol. The summed E-state index contributed by atoms with van der Waals surface area (Å²) in [4.78, 5) is 16.4. The number of hydrogen-bond acceptors (Lipinski definition) is 2. The number of rotatable bonds is 5. The number of amides is 1. The van der Waals surface area contributed by atoms with E-state index >= 15 is 0 Å². The Kier molecular flexibility index (Phi) is 6.44. The number of carbonyl (C=O) groups excluding carboxylic acids is 1. The Labute approximate surface area is 139 Å². The second kappa shape index (κ2) is 8.56. The normalized spacial score (nSPS) is 15.7. The summed E-state index contributed by atoms with van der Waals surface area (Å²) in [5, 5.41) is 9.58. The van der Waals surface area contributed by atoms with Crippen molar-refractivity contribution in [3.05, 3.63) is 29.8 Å². The summed E-state index contributed by atoms with van der Waals surface area (Å²) in [6.45, 7) is 4.82. The lowest BCUT2D eigenvalue weighted by atomic mass is 10.1. The molecular formula is C18H28N4O. The minimum atomic E-state index is 0.157. The molecule has 5 heteroatoms. The van der Waals surface area contributed by atoms with Crippen LogP contribution in [-0.4, -0.2) is 25.0 Å². The molecule has 126 valence electrons. The van der Waals surface area contributed by atoms with E-state index in [1.807, 2.05) is 24.3 Å². The highest BCUT2D eigenvalue weighted by Crippen LogP contribution is 2.26. The average Bonchev–Trinajstić information content (AvgIpc) is 3.06. The molecule has 0 radical (unpaired) electrons. The zero-order valence-electron chi connectivity index (χ0n) is 14.4. The number of guanidine groups is 1. The third-order valence-electron chi connectivity index (χ3n) is 4.03. The molecule has 0 unspecified atom stereocenters. The number of benzene rings is 1. The molecule has 0 aromatic heterocycles. The van der Waals surface area contributed by atoms with Crippen LogP contribution in [0.5, 0.6) is 0 Å². The van der Waals surface area contributed by atoms with Crippen molar-refractivity contribution in [3.8, 4) is 0 Å². The molecule has 0 atom stereocenters. The van der Waals surface area contributed by atoms with Crippen molar-refractivity contribution >= 4 is 17.6 Å². The van der Waals surface area contributed by atoms with Gasteiger partial charge in [0.2, 0.25) is 5.91 Å². The minimum Gasteiger partial charge on any atom is -0.354 e. The molecule has 1 saturated carbocycles. The van der Waals surface area contributed by atoms with E-state index in [2.05, 4.69) is 34.8 Å². The Morgan fingerprint density at radius 3 is 2.70 bits per heavy atom. The highest BCUT2D eigenvalue weighted by atomic mass is 16.1. The zero-order chi connectivity index (χ0) is 16.7. The third kappa shape index (κ3) is 5.58. The molecule has 5 nitrogen and oxygen atoms in total. The van der Waals surface area contributed by atoms with E-state index in [0.29, 0.717) is 12.6 Å². The fraction of sp³-hybridized carbons (Fsp3) is 0.556. The number of hydrogen-bond donors (Lipinski definition) is 3.